The summed E-state index contributed by atoms with van der Waals surface area (Å²) in [4.78, 5) is 39.9. The van der Waals surface area contributed by atoms with E-state index in [-0.39, 0.29) is 25.3 Å². The van der Waals surface area contributed by atoms with Gasteiger partial charge in [-0.25, -0.2) is 0 Å². The van der Waals surface area contributed by atoms with Crippen molar-refractivity contribution >= 4 is 17.9 Å². The molecule has 0 saturated carbocycles. The quantitative estimate of drug-likeness (QED) is 0.0861. The fourth-order valence-corrected chi connectivity index (χ4v) is 5.89. The SMILES string of the molecule is C.COC(=O)C1(C(C)O)CCN(Cc2ccccc2)C1.COC(=O)C1(C(C)OC(C)=O)CCN(Cc2ccccc2)C1.N=NN.NN. The van der Waals surface area contributed by atoms with Gasteiger partial charge in [0.05, 0.1) is 20.3 Å². The zero-order valence-corrected chi connectivity index (χ0v) is 27.6. The maximum Gasteiger partial charge on any atom is 0.316 e. The van der Waals surface area contributed by atoms with Crippen molar-refractivity contribution < 1.29 is 33.7 Å². The number of benzene rings is 2. The van der Waals surface area contributed by atoms with Crippen LogP contribution in [0.15, 0.2) is 65.9 Å². The lowest BCUT2D eigenvalue weighted by molar-refractivity contribution is -0.168. The molecule has 2 fully saturated rings. The average Bonchev–Trinajstić information content (AvgIpc) is 3.69. The number of aliphatic hydroxyl groups is 1. The van der Waals surface area contributed by atoms with E-state index in [2.05, 4.69) is 56.8 Å². The Labute approximate surface area is 278 Å². The summed E-state index contributed by atoms with van der Waals surface area (Å²) < 4.78 is 15.1. The second-order valence-corrected chi connectivity index (χ2v) is 11.2. The Hall–Kier alpha value is -3.95. The zero-order valence-electron chi connectivity index (χ0n) is 27.6. The number of ether oxygens (including phenoxy) is 3. The van der Waals surface area contributed by atoms with Crippen LogP contribution in [0.2, 0.25) is 0 Å². The van der Waals surface area contributed by atoms with Crippen molar-refractivity contribution in [2.75, 3.05) is 40.4 Å². The molecule has 0 amide bonds. The number of rotatable bonds is 9. The van der Waals surface area contributed by atoms with E-state index in [9.17, 15) is 19.5 Å². The molecule has 0 bridgehead atoms. The monoisotopic (exact) mass is 661 g/mol. The first-order chi connectivity index (χ1) is 22.0. The highest BCUT2D eigenvalue weighted by Gasteiger charge is 2.51. The molecule has 2 heterocycles. The maximum absolute atomic E-state index is 12.3. The summed E-state index contributed by atoms with van der Waals surface area (Å²) in [5.41, 5.74) is 6.47. The van der Waals surface area contributed by atoms with Gasteiger partial charge in [0.15, 0.2) is 0 Å². The van der Waals surface area contributed by atoms with Crippen molar-refractivity contribution in [3.63, 3.8) is 0 Å². The highest BCUT2D eigenvalue weighted by Crippen LogP contribution is 2.38. The lowest BCUT2D eigenvalue weighted by Gasteiger charge is -2.32. The van der Waals surface area contributed by atoms with Crippen LogP contribution < -0.4 is 17.5 Å². The molecule has 14 nitrogen and oxygen atoms in total. The van der Waals surface area contributed by atoms with Crippen LogP contribution >= 0.6 is 0 Å². The van der Waals surface area contributed by atoms with Gasteiger partial charge in [0.25, 0.3) is 0 Å². The molecule has 0 aliphatic carbocycles. The molecule has 0 aromatic heterocycles. The lowest BCUT2D eigenvalue weighted by Crippen LogP contribution is -2.46. The van der Waals surface area contributed by atoms with Crippen LogP contribution in [-0.4, -0.2) is 85.4 Å². The predicted octanol–water partition coefficient (Wildman–Crippen LogP) is 2.78. The number of esters is 3. The van der Waals surface area contributed by atoms with Gasteiger partial charge in [-0.3, -0.25) is 35.9 Å². The smallest absolute Gasteiger partial charge is 0.316 e. The molecule has 2 saturated heterocycles. The molecule has 0 spiro atoms. The van der Waals surface area contributed by atoms with Crippen LogP contribution in [0.1, 0.15) is 52.2 Å². The Kier molecular flexibility index (Phi) is 19.9. The Morgan fingerprint density at radius 3 is 1.57 bits per heavy atom. The molecular weight excluding hydrogens is 606 g/mol. The van der Waals surface area contributed by atoms with Crippen molar-refractivity contribution in [2.24, 2.45) is 33.6 Å². The number of hydrogen-bond acceptors (Lipinski definition) is 13. The number of aliphatic hydroxyl groups excluding tert-OH is 1. The van der Waals surface area contributed by atoms with Gasteiger partial charge in [-0.05, 0) is 50.9 Å². The summed E-state index contributed by atoms with van der Waals surface area (Å²) in [6.45, 7) is 9.02. The van der Waals surface area contributed by atoms with Gasteiger partial charge in [0, 0.05) is 33.1 Å². The summed E-state index contributed by atoms with van der Waals surface area (Å²) in [6, 6.07) is 20.3. The topological polar surface area (TPSA) is 220 Å². The third kappa shape index (κ3) is 12.3. The second-order valence-electron chi connectivity index (χ2n) is 11.2. The van der Waals surface area contributed by atoms with Crippen molar-refractivity contribution in [3.05, 3.63) is 71.8 Å². The maximum atomic E-state index is 12.3. The highest BCUT2D eigenvalue weighted by molar-refractivity contribution is 5.79. The number of methoxy groups -OCH3 is 2. The second kappa shape index (κ2) is 21.8. The van der Waals surface area contributed by atoms with Crippen molar-refractivity contribution in [1.29, 1.82) is 5.53 Å². The van der Waals surface area contributed by atoms with Gasteiger partial charge < -0.3 is 25.2 Å². The lowest BCUT2D eigenvalue weighted by atomic mass is 9.81. The van der Waals surface area contributed by atoms with E-state index < -0.39 is 23.0 Å². The Balaban J connectivity index is 0.000000783. The summed E-state index contributed by atoms with van der Waals surface area (Å²) in [6.07, 6.45) is 0.0736. The number of likely N-dealkylation sites (tertiary alicyclic amines) is 2. The minimum atomic E-state index is -0.783. The predicted molar refractivity (Wildman–Crippen MR) is 179 cm³/mol. The summed E-state index contributed by atoms with van der Waals surface area (Å²) in [5, 5.41) is 12.2. The van der Waals surface area contributed by atoms with Gasteiger partial charge in [-0.2, -0.15) is 5.53 Å². The third-order valence-corrected chi connectivity index (χ3v) is 8.36. The first kappa shape index (κ1) is 43.0. The fourth-order valence-electron chi connectivity index (χ4n) is 5.89. The summed E-state index contributed by atoms with van der Waals surface area (Å²) >= 11 is 0. The van der Waals surface area contributed by atoms with Gasteiger partial charge >= 0.3 is 17.9 Å². The van der Waals surface area contributed by atoms with Gasteiger partial charge in [0.2, 0.25) is 0 Å². The summed E-state index contributed by atoms with van der Waals surface area (Å²) in [7, 11) is 2.76. The Morgan fingerprint density at radius 2 is 1.21 bits per heavy atom. The van der Waals surface area contributed by atoms with Crippen LogP contribution in [0.4, 0.5) is 0 Å². The third-order valence-electron chi connectivity index (χ3n) is 8.36. The van der Waals surface area contributed by atoms with Gasteiger partial charge in [-0.15, -0.1) is 0 Å². The van der Waals surface area contributed by atoms with E-state index >= 15 is 0 Å². The van der Waals surface area contributed by atoms with E-state index in [0.29, 0.717) is 25.9 Å². The first-order valence-electron chi connectivity index (χ1n) is 14.9. The Morgan fingerprint density at radius 1 is 0.851 bits per heavy atom. The molecular formula is C33H55N7O7. The molecule has 2 aromatic rings. The molecule has 47 heavy (non-hydrogen) atoms. The molecule has 0 radical (unpaired) electrons. The molecule has 14 heteroatoms. The minimum absolute atomic E-state index is 0. The Bertz CT molecular complexity index is 1210. The molecule has 4 rings (SSSR count). The molecule has 4 unspecified atom stereocenters. The molecule has 2 aromatic carbocycles. The number of nitrogens with one attached hydrogen (secondary N) is 1. The van der Waals surface area contributed by atoms with Crippen LogP contribution in [0.3, 0.4) is 0 Å². The number of nitrogens with two attached hydrogens (primary N) is 3. The summed E-state index contributed by atoms with van der Waals surface area (Å²) in [5.74, 6) is 11.1. The normalized spacial score (nSPS) is 21.4. The van der Waals surface area contributed by atoms with Crippen LogP contribution in [0.25, 0.3) is 0 Å². The van der Waals surface area contributed by atoms with Crippen molar-refractivity contribution in [2.45, 2.75) is 66.3 Å². The molecule has 4 atom stereocenters. The number of hydrazine groups is 1. The highest BCUT2D eigenvalue weighted by atomic mass is 16.6. The number of carbonyl (C=O) groups is 3. The minimum Gasteiger partial charge on any atom is -0.468 e. The molecule has 2 aliphatic heterocycles. The molecule has 8 N–H and O–H groups in total. The van der Waals surface area contributed by atoms with Gasteiger partial charge in [-0.1, -0.05) is 73.3 Å². The van der Waals surface area contributed by atoms with E-state index in [0.717, 1.165) is 26.2 Å². The number of carbonyl (C=O) groups excluding carboxylic acids is 3. The zero-order chi connectivity index (χ0) is 34.8. The average molecular weight is 662 g/mol. The van der Waals surface area contributed by atoms with Crippen molar-refractivity contribution in [3.8, 4) is 0 Å². The largest absolute Gasteiger partial charge is 0.468 e. The molecule has 264 valence electrons. The van der Waals surface area contributed by atoms with E-state index in [1.165, 1.54) is 32.3 Å². The molecule has 2 aliphatic rings. The van der Waals surface area contributed by atoms with Gasteiger partial charge in [0.1, 0.15) is 16.9 Å². The standard InChI is InChI=1S/C17H23NO4.C15H21NO3.CH4.H3N3.H4N2/c1-13(22-14(2)19)17(16(20)21-3)9-10-18(12-17)11-15-7-5-4-6-8-15;1-12(17)15(14(18)19-2)8-9-16(11-15)10-13-6-4-3-5-7-13;;1-3-2;1-2/h4-8,13H,9-12H2,1-3H3;3-7,12,17H,8-11H2,1-2H3;1H4;(H3,1,2);1-2H2. The van der Waals surface area contributed by atoms with E-state index in [4.69, 9.17) is 19.7 Å². The fraction of sp³-hybridized carbons (Fsp3) is 0.545. The number of nitrogens with zero attached hydrogens (tertiary/aromatic N) is 3. The van der Waals surface area contributed by atoms with Crippen LogP contribution in [0, 0.1) is 16.4 Å². The van der Waals surface area contributed by atoms with Crippen LogP contribution in [0.5, 0.6) is 0 Å². The van der Waals surface area contributed by atoms with Crippen LogP contribution in [-0.2, 0) is 41.7 Å². The van der Waals surface area contributed by atoms with E-state index in [1.807, 2.05) is 36.4 Å². The van der Waals surface area contributed by atoms with E-state index in [1.54, 1.807) is 13.8 Å². The first-order valence-corrected chi connectivity index (χ1v) is 14.9. The van der Waals surface area contributed by atoms with Crippen molar-refractivity contribution in [1.82, 2.24) is 9.80 Å². The number of hydrogen-bond donors (Lipinski definition) is 5.